The van der Waals surface area contributed by atoms with Gasteiger partial charge in [0, 0.05) is 22.4 Å². The second-order valence-electron chi connectivity index (χ2n) is 8.16. The summed E-state index contributed by atoms with van der Waals surface area (Å²) in [6, 6.07) is 16.4. The lowest BCUT2D eigenvalue weighted by atomic mass is 9.89. The summed E-state index contributed by atoms with van der Waals surface area (Å²) in [5, 5.41) is 14.7. The first-order chi connectivity index (χ1) is 14.9. The number of nitrogens with zero attached hydrogens (tertiary/aromatic N) is 3. The normalized spacial score (nSPS) is 12.3. The molecule has 0 saturated carbocycles. The molecular formula is C26H27N3O2. The Labute approximate surface area is 182 Å². The number of carboxylic acids is 1. The largest absolute Gasteiger partial charge is 0.481 e. The van der Waals surface area contributed by atoms with Gasteiger partial charge in [0.25, 0.3) is 0 Å². The first-order valence-corrected chi connectivity index (χ1v) is 10.7. The Morgan fingerprint density at radius 3 is 2.10 bits per heavy atom. The fourth-order valence-electron chi connectivity index (χ4n) is 4.14. The Kier molecular flexibility index (Phi) is 5.59. The molecule has 2 aromatic heterocycles. The number of hydrogen-bond acceptors (Lipinski definition) is 3. The number of aliphatic carboxylic acids is 1. The predicted octanol–water partition coefficient (Wildman–Crippen LogP) is 5.96. The van der Waals surface area contributed by atoms with Crippen molar-refractivity contribution < 1.29 is 9.90 Å². The molecule has 0 aliphatic heterocycles. The molecule has 1 atom stereocenters. The molecule has 0 fully saturated rings. The van der Waals surface area contributed by atoms with Crippen LogP contribution in [0.25, 0.3) is 28.0 Å². The number of benzene rings is 2. The van der Waals surface area contributed by atoms with Gasteiger partial charge in [-0.25, -0.2) is 9.50 Å². The number of aryl methyl sites for hydroxylation is 3. The van der Waals surface area contributed by atoms with Crippen LogP contribution in [0.15, 0.2) is 54.7 Å². The monoisotopic (exact) mass is 413 g/mol. The SMILES string of the molecule is CCCC(C(=O)O)c1c(C)nc2c(-c3ccc(C)cc3)cnn2c1-c1ccc(C)cc1. The van der Waals surface area contributed by atoms with E-state index in [0.29, 0.717) is 6.42 Å². The van der Waals surface area contributed by atoms with Crippen molar-refractivity contribution in [3.8, 4) is 22.4 Å². The molecule has 1 unspecified atom stereocenters. The third kappa shape index (κ3) is 3.83. The predicted molar refractivity (Wildman–Crippen MR) is 123 cm³/mol. The molecule has 0 bridgehead atoms. The van der Waals surface area contributed by atoms with E-state index in [1.165, 1.54) is 5.56 Å². The van der Waals surface area contributed by atoms with Gasteiger partial charge >= 0.3 is 5.97 Å². The third-order valence-corrected chi connectivity index (χ3v) is 5.79. The second kappa shape index (κ2) is 8.34. The number of rotatable bonds is 6. The minimum atomic E-state index is -0.828. The van der Waals surface area contributed by atoms with E-state index in [0.717, 1.165) is 51.3 Å². The van der Waals surface area contributed by atoms with Crippen LogP contribution in [0.4, 0.5) is 0 Å². The zero-order valence-corrected chi connectivity index (χ0v) is 18.4. The summed E-state index contributed by atoms with van der Waals surface area (Å²) in [6.07, 6.45) is 3.15. The van der Waals surface area contributed by atoms with Gasteiger partial charge in [-0.1, -0.05) is 73.0 Å². The lowest BCUT2D eigenvalue weighted by Crippen LogP contribution is -2.17. The molecule has 4 rings (SSSR count). The molecule has 0 aliphatic rings. The van der Waals surface area contributed by atoms with E-state index in [1.54, 1.807) is 0 Å². The van der Waals surface area contributed by atoms with Gasteiger partial charge in [-0.15, -0.1) is 0 Å². The van der Waals surface area contributed by atoms with Crippen LogP contribution in [0.3, 0.4) is 0 Å². The van der Waals surface area contributed by atoms with E-state index < -0.39 is 11.9 Å². The van der Waals surface area contributed by atoms with Crippen LogP contribution in [0, 0.1) is 20.8 Å². The Morgan fingerprint density at radius 2 is 1.55 bits per heavy atom. The summed E-state index contributed by atoms with van der Waals surface area (Å²) in [5.41, 5.74) is 8.28. The van der Waals surface area contributed by atoms with Crippen LogP contribution >= 0.6 is 0 Å². The van der Waals surface area contributed by atoms with Crippen molar-refractivity contribution in [2.75, 3.05) is 0 Å². The topological polar surface area (TPSA) is 67.5 Å². The van der Waals surface area contributed by atoms with Crippen LogP contribution in [0.5, 0.6) is 0 Å². The highest BCUT2D eigenvalue weighted by Gasteiger charge is 2.28. The van der Waals surface area contributed by atoms with Gasteiger partial charge in [0.2, 0.25) is 0 Å². The van der Waals surface area contributed by atoms with Crippen LogP contribution in [-0.4, -0.2) is 25.7 Å². The molecule has 31 heavy (non-hydrogen) atoms. The highest BCUT2D eigenvalue weighted by Crippen LogP contribution is 2.36. The van der Waals surface area contributed by atoms with Crippen LogP contribution in [-0.2, 0) is 4.79 Å². The highest BCUT2D eigenvalue weighted by atomic mass is 16.4. The van der Waals surface area contributed by atoms with E-state index in [-0.39, 0.29) is 0 Å². The lowest BCUT2D eigenvalue weighted by Gasteiger charge is -2.20. The Bertz CT molecular complexity index is 1240. The summed E-state index contributed by atoms with van der Waals surface area (Å²) in [4.78, 5) is 17.1. The molecule has 1 N–H and O–H groups in total. The quantitative estimate of drug-likeness (QED) is 0.424. The average molecular weight is 414 g/mol. The summed E-state index contributed by atoms with van der Waals surface area (Å²) < 4.78 is 1.81. The smallest absolute Gasteiger partial charge is 0.311 e. The Hall–Kier alpha value is -3.47. The van der Waals surface area contributed by atoms with Crippen LogP contribution in [0.1, 0.15) is 48.1 Å². The van der Waals surface area contributed by atoms with Crippen molar-refractivity contribution in [2.24, 2.45) is 0 Å². The number of hydrogen-bond donors (Lipinski definition) is 1. The van der Waals surface area contributed by atoms with Gasteiger partial charge in [0.05, 0.1) is 17.8 Å². The molecule has 2 aromatic carbocycles. The van der Waals surface area contributed by atoms with Gasteiger partial charge < -0.3 is 5.11 Å². The Balaban J connectivity index is 2.04. The molecular weight excluding hydrogens is 386 g/mol. The van der Waals surface area contributed by atoms with E-state index in [2.05, 4.69) is 36.3 Å². The molecule has 0 radical (unpaired) electrons. The molecule has 0 amide bonds. The maximum absolute atomic E-state index is 12.2. The number of aromatic nitrogens is 3. The van der Waals surface area contributed by atoms with Crippen molar-refractivity contribution >= 4 is 11.6 Å². The second-order valence-corrected chi connectivity index (χ2v) is 8.16. The van der Waals surface area contributed by atoms with Gasteiger partial charge in [-0.2, -0.15) is 5.10 Å². The summed E-state index contributed by atoms with van der Waals surface area (Å²) in [5.74, 6) is -1.46. The van der Waals surface area contributed by atoms with Crippen LogP contribution in [0.2, 0.25) is 0 Å². The average Bonchev–Trinajstić information content (AvgIpc) is 3.16. The zero-order chi connectivity index (χ0) is 22.1. The minimum absolute atomic E-state index is 0.550. The van der Waals surface area contributed by atoms with Crippen molar-refractivity contribution in [3.05, 3.63) is 77.1 Å². The standard InChI is InChI=1S/C26H27N3O2/c1-5-6-21(26(30)31)23-18(4)28-25-22(19-11-7-16(2)8-12-19)15-27-29(25)24(23)20-13-9-17(3)10-14-20/h7-15,21H,5-6H2,1-4H3,(H,30,31). The summed E-state index contributed by atoms with van der Waals surface area (Å²) in [7, 11) is 0. The van der Waals surface area contributed by atoms with Crippen LogP contribution < -0.4 is 0 Å². The summed E-state index contributed by atoms with van der Waals surface area (Å²) in [6.45, 7) is 8.01. The first kappa shape index (κ1) is 20.8. The minimum Gasteiger partial charge on any atom is -0.481 e. The molecule has 158 valence electrons. The van der Waals surface area contributed by atoms with Gasteiger partial charge in [-0.3, -0.25) is 4.79 Å². The maximum atomic E-state index is 12.2. The fourth-order valence-corrected chi connectivity index (χ4v) is 4.14. The van der Waals surface area contributed by atoms with E-state index >= 15 is 0 Å². The van der Waals surface area contributed by atoms with Crippen molar-refractivity contribution in [2.45, 2.75) is 46.5 Å². The molecule has 0 spiro atoms. The number of carbonyl (C=O) groups is 1. The molecule has 4 aromatic rings. The molecule has 5 nitrogen and oxygen atoms in total. The van der Waals surface area contributed by atoms with Gasteiger partial charge in [0.15, 0.2) is 5.65 Å². The first-order valence-electron chi connectivity index (χ1n) is 10.7. The van der Waals surface area contributed by atoms with Crippen molar-refractivity contribution in [1.29, 1.82) is 0 Å². The highest BCUT2D eigenvalue weighted by molar-refractivity contribution is 5.84. The lowest BCUT2D eigenvalue weighted by molar-refractivity contribution is -0.139. The van der Waals surface area contributed by atoms with Gasteiger partial charge in [-0.05, 0) is 32.8 Å². The van der Waals surface area contributed by atoms with E-state index in [9.17, 15) is 9.90 Å². The molecule has 5 heteroatoms. The third-order valence-electron chi connectivity index (χ3n) is 5.79. The summed E-state index contributed by atoms with van der Waals surface area (Å²) >= 11 is 0. The van der Waals surface area contributed by atoms with E-state index in [1.807, 2.05) is 55.7 Å². The Morgan fingerprint density at radius 1 is 0.968 bits per heavy atom. The fraction of sp³-hybridized carbons (Fsp3) is 0.269. The molecule has 0 saturated heterocycles. The van der Waals surface area contributed by atoms with Crippen molar-refractivity contribution in [3.63, 3.8) is 0 Å². The maximum Gasteiger partial charge on any atom is 0.311 e. The zero-order valence-electron chi connectivity index (χ0n) is 18.4. The van der Waals surface area contributed by atoms with Gasteiger partial charge in [0.1, 0.15) is 0 Å². The van der Waals surface area contributed by atoms with Crippen molar-refractivity contribution in [1.82, 2.24) is 14.6 Å². The molecule has 0 aliphatic carbocycles. The van der Waals surface area contributed by atoms with E-state index in [4.69, 9.17) is 4.98 Å². The number of carboxylic acid groups (broad SMARTS) is 1. The molecule has 2 heterocycles. The number of fused-ring (bicyclic) bond motifs is 1.